The van der Waals surface area contributed by atoms with E-state index in [0.717, 1.165) is 52.8 Å². The second kappa shape index (κ2) is 7.18. The zero-order chi connectivity index (χ0) is 16.2. The van der Waals surface area contributed by atoms with Crippen LogP contribution in [0.3, 0.4) is 0 Å². The molecule has 3 rings (SSSR count). The highest BCUT2D eigenvalue weighted by Gasteiger charge is 2.24. The lowest BCUT2D eigenvalue weighted by molar-refractivity contribution is 0.0790. The third-order valence-corrected chi connectivity index (χ3v) is 4.87. The van der Waals surface area contributed by atoms with Gasteiger partial charge in [-0.25, -0.2) is 0 Å². The highest BCUT2D eigenvalue weighted by molar-refractivity contribution is 9.10. The van der Waals surface area contributed by atoms with E-state index >= 15 is 0 Å². The van der Waals surface area contributed by atoms with Gasteiger partial charge in [-0.15, -0.1) is 0 Å². The lowest BCUT2D eigenvalue weighted by Crippen LogP contribution is -2.28. The van der Waals surface area contributed by atoms with Gasteiger partial charge in [0.05, 0.1) is 5.56 Å². The summed E-state index contributed by atoms with van der Waals surface area (Å²) >= 11 is 3.52. The number of likely N-dealkylation sites (tertiary alicyclic amines) is 1. The fraction of sp³-hybridized carbons (Fsp3) is 0.316. The standard InChI is InChI=1S/C19H20BrNO2/c1-14-17(23-13-15-7-3-2-4-8-15)10-9-16(20)18(14)19(22)21-11-5-6-12-21/h2-4,7-10H,5-6,11-13H2,1H3. The first-order valence-electron chi connectivity index (χ1n) is 7.92. The minimum atomic E-state index is 0.0945. The minimum absolute atomic E-state index is 0.0945. The number of carbonyl (C=O) groups excluding carboxylic acids is 1. The van der Waals surface area contributed by atoms with Crippen LogP contribution in [0.5, 0.6) is 5.75 Å². The Labute approximate surface area is 145 Å². The Balaban J connectivity index is 1.82. The van der Waals surface area contributed by atoms with Crippen LogP contribution in [0, 0.1) is 6.92 Å². The van der Waals surface area contributed by atoms with Gasteiger partial charge >= 0.3 is 0 Å². The quantitative estimate of drug-likeness (QED) is 0.785. The van der Waals surface area contributed by atoms with Crippen LogP contribution < -0.4 is 4.74 Å². The summed E-state index contributed by atoms with van der Waals surface area (Å²) in [4.78, 5) is 14.7. The first-order chi connectivity index (χ1) is 11.2. The van der Waals surface area contributed by atoms with Gasteiger partial charge in [-0.1, -0.05) is 30.3 Å². The zero-order valence-electron chi connectivity index (χ0n) is 13.2. The molecule has 0 N–H and O–H groups in total. The molecule has 2 aromatic rings. The zero-order valence-corrected chi connectivity index (χ0v) is 14.8. The van der Waals surface area contributed by atoms with Crippen LogP contribution in [0.15, 0.2) is 46.9 Å². The summed E-state index contributed by atoms with van der Waals surface area (Å²) in [5, 5.41) is 0. The Morgan fingerprint density at radius 1 is 1.13 bits per heavy atom. The summed E-state index contributed by atoms with van der Waals surface area (Å²) in [5.41, 5.74) is 2.73. The highest BCUT2D eigenvalue weighted by Crippen LogP contribution is 2.31. The van der Waals surface area contributed by atoms with Gasteiger partial charge in [0, 0.05) is 23.1 Å². The molecule has 1 saturated heterocycles. The molecule has 1 amide bonds. The normalized spacial score (nSPS) is 14.1. The maximum Gasteiger partial charge on any atom is 0.255 e. The molecule has 120 valence electrons. The minimum Gasteiger partial charge on any atom is -0.489 e. The van der Waals surface area contributed by atoms with Gasteiger partial charge in [-0.3, -0.25) is 4.79 Å². The van der Waals surface area contributed by atoms with Gasteiger partial charge < -0.3 is 9.64 Å². The van der Waals surface area contributed by atoms with E-state index < -0.39 is 0 Å². The van der Waals surface area contributed by atoms with Crippen molar-refractivity contribution >= 4 is 21.8 Å². The molecule has 23 heavy (non-hydrogen) atoms. The van der Waals surface area contributed by atoms with Gasteiger partial charge in [0.15, 0.2) is 0 Å². The summed E-state index contributed by atoms with van der Waals surface area (Å²) in [6, 6.07) is 13.9. The first kappa shape index (κ1) is 16.1. The maximum atomic E-state index is 12.8. The summed E-state index contributed by atoms with van der Waals surface area (Å²) in [5.74, 6) is 0.858. The molecule has 1 heterocycles. The average Bonchev–Trinajstić information content (AvgIpc) is 3.09. The third kappa shape index (κ3) is 3.58. The van der Waals surface area contributed by atoms with Crippen LogP contribution in [0.2, 0.25) is 0 Å². The number of hydrogen-bond acceptors (Lipinski definition) is 2. The van der Waals surface area contributed by atoms with Crippen LogP contribution in [0.25, 0.3) is 0 Å². The molecule has 0 aliphatic carbocycles. The second-order valence-electron chi connectivity index (χ2n) is 5.82. The number of benzene rings is 2. The number of halogens is 1. The van der Waals surface area contributed by atoms with E-state index in [-0.39, 0.29) is 5.91 Å². The van der Waals surface area contributed by atoms with Crippen molar-refractivity contribution in [2.24, 2.45) is 0 Å². The van der Waals surface area contributed by atoms with E-state index in [9.17, 15) is 4.79 Å². The fourth-order valence-electron chi connectivity index (χ4n) is 2.89. The fourth-order valence-corrected chi connectivity index (χ4v) is 3.49. The number of amides is 1. The Kier molecular flexibility index (Phi) is 5.01. The number of carbonyl (C=O) groups is 1. The molecular formula is C19H20BrNO2. The van der Waals surface area contributed by atoms with Crippen LogP contribution in [-0.2, 0) is 6.61 Å². The molecule has 2 aromatic carbocycles. The molecule has 0 saturated carbocycles. The number of rotatable bonds is 4. The molecule has 0 radical (unpaired) electrons. The molecule has 0 atom stereocenters. The van der Waals surface area contributed by atoms with Crippen molar-refractivity contribution in [3.05, 3.63) is 63.6 Å². The molecule has 3 nitrogen and oxygen atoms in total. The number of ether oxygens (including phenoxy) is 1. The van der Waals surface area contributed by atoms with E-state index in [1.165, 1.54) is 0 Å². The molecule has 0 spiro atoms. The number of nitrogens with zero attached hydrogens (tertiary/aromatic N) is 1. The van der Waals surface area contributed by atoms with Crippen LogP contribution in [-0.4, -0.2) is 23.9 Å². The Morgan fingerprint density at radius 2 is 1.83 bits per heavy atom. The van der Waals surface area contributed by atoms with Gasteiger partial charge in [0.1, 0.15) is 12.4 Å². The lowest BCUT2D eigenvalue weighted by Gasteiger charge is -2.19. The summed E-state index contributed by atoms with van der Waals surface area (Å²) in [6.45, 7) is 4.15. The van der Waals surface area contributed by atoms with E-state index in [1.807, 2.05) is 54.3 Å². The Bertz CT molecular complexity index is 694. The van der Waals surface area contributed by atoms with Crippen LogP contribution >= 0.6 is 15.9 Å². The first-order valence-corrected chi connectivity index (χ1v) is 8.71. The number of hydrogen-bond donors (Lipinski definition) is 0. The van der Waals surface area contributed by atoms with Crippen molar-refractivity contribution in [3.63, 3.8) is 0 Å². The molecule has 1 aliphatic rings. The monoisotopic (exact) mass is 373 g/mol. The van der Waals surface area contributed by atoms with Gasteiger partial charge in [-0.2, -0.15) is 0 Å². The van der Waals surface area contributed by atoms with Gasteiger partial charge in [0.25, 0.3) is 5.91 Å². The molecule has 0 aromatic heterocycles. The predicted octanol–water partition coefficient (Wildman–Crippen LogP) is 4.57. The van der Waals surface area contributed by atoms with Crippen LogP contribution in [0.1, 0.15) is 34.3 Å². The Hall–Kier alpha value is -1.81. The highest BCUT2D eigenvalue weighted by atomic mass is 79.9. The maximum absolute atomic E-state index is 12.8. The second-order valence-corrected chi connectivity index (χ2v) is 6.67. The van der Waals surface area contributed by atoms with Crippen LogP contribution in [0.4, 0.5) is 0 Å². The van der Waals surface area contributed by atoms with Crippen molar-refractivity contribution in [2.45, 2.75) is 26.4 Å². The summed E-state index contributed by atoms with van der Waals surface area (Å²) in [7, 11) is 0. The molecular weight excluding hydrogens is 354 g/mol. The molecule has 1 fully saturated rings. The summed E-state index contributed by atoms with van der Waals surface area (Å²) < 4.78 is 6.77. The average molecular weight is 374 g/mol. The van der Waals surface area contributed by atoms with Gasteiger partial charge in [0.2, 0.25) is 0 Å². The van der Waals surface area contributed by atoms with Crippen molar-refractivity contribution in [1.82, 2.24) is 4.90 Å². The molecule has 0 unspecified atom stereocenters. The van der Waals surface area contributed by atoms with E-state index in [4.69, 9.17) is 4.74 Å². The summed E-state index contributed by atoms with van der Waals surface area (Å²) in [6.07, 6.45) is 2.18. The van der Waals surface area contributed by atoms with E-state index in [1.54, 1.807) is 0 Å². The van der Waals surface area contributed by atoms with Crippen molar-refractivity contribution in [2.75, 3.05) is 13.1 Å². The smallest absolute Gasteiger partial charge is 0.255 e. The van der Waals surface area contributed by atoms with Crippen molar-refractivity contribution < 1.29 is 9.53 Å². The largest absolute Gasteiger partial charge is 0.489 e. The Morgan fingerprint density at radius 3 is 2.52 bits per heavy atom. The predicted molar refractivity (Wildman–Crippen MR) is 94.8 cm³/mol. The van der Waals surface area contributed by atoms with E-state index in [2.05, 4.69) is 15.9 Å². The molecule has 0 bridgehead atoms. The van der Waals surface area contributed by atoms with E-state index in [0.29, 0.717) is 6.61 Å². The topological polar surface area (TPSA) is 29.5 Å². The third-order valence-electron chi connectivity index (χ3n) is 4.21. The van der Waals surface area contributed by atoms with Crippen molar-refractivity contribution in [3.8, 4) is 5.75 Å². The SMILES string of the molecule is Cc1c(OCc2ccccc2)ccc(Br)c1C(=O)N1CCCC1. The van der Waals surface area contributed by atoms with Gasteiger partial charge in [-0.05, 0) is 53.4 Å². The molecule has 1 aliphatic heterocycles. The van der Waals surface area contributed by atoms with Crippen molar-refractivity contribution in [1.29, 1.82) is 0 Å². The lowest BCUT2D eigenvalue weighted by atomic mass is 10.1. The molecule has 4 heteroatoms.